The van der Waals surface area contributed by atoms with Crippen LogP contribution in [-0.4, -0.2) is 73.7 Å². The van der Waals surface area contributed by atoms with Gasteiger partial charge in [-0.05, 0) is 6.42 Å². The van der Waals surface area contributed by atoms with E-state index in [0.29, 0.717) is 0 Å². The number of amides is 1. The maximum Gasteiger partial charge on any atom is 0.326 e. The predicted molar refractivity (Wildman–Crippen MR) is 70.1 cm³/mol. The Morgan fingerprint density at radius 2 is 2.00 bits per heavy atom. The molecule has 1 heterocycles. The summed E-state index contributed by atoms with van der Waals surface area (Å²) in [4.78, 5) is 35.8. The van der Waals surface area contributed by atoms with Crippen LogP contribution in [0, 0.1) is 0 Å². The van der Waals surface area contributed by atoms with Gasteiger partial charge in [0.2, 0.25) is 5.91 Å². The molecule has 1 amide bonds. The number of esters is 1. The molecule has 1 saturated heterocycles. The van der Waals surface area contributed by atoms with Crippen molar-refractivity contribution in [2.45, 2.75) is 18.9 Å². The van der Waals surface area contributed by atoms with Crippen molar-refractivity contribution in [3.63, 3.8) is 0 Å². The molecule has 1 atom stereocenters. The Bertz CT molecular complexity index is 355. The van der Waals surface area contributed by atoms with Crippen molar-refractivity contribution in [1.29, 1.82) is 0 Å². The Balaban J connectivity index is 2.37. The van der Waals surface area contributed by atoms with Crippen molar-refractivity contribution in [3.8, 4) is 0 Å². The first kappa shape index (κ1) is 16.4. The molecule has 0 radical (unpaired) electrons. The lowest BCUT2D eigenvalue weighted by Gasteiger charge is -2.27. The maximum atomic E-state index is 11.8. The first-order chi connectivity index (χ1) is 9.52. The van der Waals surface area contributed by atoms with Crippen LogP contribution in [0.3, 0.4) is 0 Å². The standard InChI is InChI=1S/C12H21N3O5/c1-20-11(17)3-2-9(12(18)19)14-10(16)8-15-6-4-13-5-7-15/h9,13H,2-8H2,1H3,(H,14,16)(H,18,19)/t9-/m0/s1. The summed E-state index contributed by atoms with van der Waals surface area (Å²) in [5.74, 6) is -1.99. The van der Waals surface area contributed by atoms with Crippen molar-refractivity contribution in [2.75, 3.05) is 39.8 Å². The molecule has 0 bridgehead atoms. The van der Waals surface area contributed by atoms with E-state index in [0.717, 1.165) is 26.2 Å². The molecule has 0 aliphatic carbocycles. The van der Waals surface area contributed by atoms with Gasteiger partial charge in [-0.3, -0.25) is 14.5 Å². The molecule has 0 spiro atoms. The Morgan fingerprint density at radius 1 is 1.35 bits per heavy atom. The van der Waals surface area contributed by atoms with Gasteiger partial charge in [-0.15, -0.1) is 0 Å². The summed E-state index contributed by atoms with van der Waals surface area (Å²) in [6.45, 7) is 3.32. The Labute approximate surface area is 117 Å². The SMILES string of the molecule is COC(=O)CC[C@H](NC(=O)CN1CCNCC1)C(=O)O. The van der Waals surface area contributed by atoms with Crippen LogP contribution >= 0.6 is 0 Å². The first-order valence-electron chi connectivity index (χ1n) is 6.55. The van der Waals surface area contributed by atoms with E-state index in [-0.39, 0.29) is 25.3 Å². The molecule has 20 heavy (non-hydrogen) atoms. The predicted octanol–water partition coefficient (Wildman–Crippen LogP) is -1.59. The van der Waals surface area contributed by atoms with E-state index >= 15 is 0 Å². The lowest BCUT2D eigenvalue weighted by atomic mass is 10.1. The zero-order valence-electron chi connectivity index (χ0n) is 11.6. The Morgan fingerprint density at radius 3 is 2.55 bits per heavy atom. The van der Waals surface area contributed by atoms with Crippen LogP contribution in [0.1, 0.15) is 12.8 Å². The van der Waals surface area contributed by atoms with E-state index in [1.807, 2.05) is 4.90 Å². The molecule has 8 nitrogen and oxygen atoms in total. The van der Waals surface area contributed by atoms with Crippen LogP contribution in [0.5, 0.6) is 0 Å². The fourth-order valence-corrected chi connectivity index (χ4v) is 1.93. The van der Waals surface area contributed by atoms with Gasteiger partial charge in [0.1, 0.15) is 6.04 Å². The highest BCUT2D eigenvalue weighted by Gasteiger charge is 2.22. The van der Waals surface area contributed by atoms with E-state index in [9.17, 15) is 14.4 Å². The van der Waals surface area contributed by atoms with Crippen molar-refractivity contribution in [1.82, 2.24) is 15.5 Å². The summed E-state index contributed by atoms with van der Waals surface area (Å²) in [6.07, 6.45) is -0.0172. The fraction of sp³-hybridized carbons (Fsp3) is 0.750. The molecular formula is C12H21N3O5. The molecule has 1 rings (SSSR count). The summed E-state index contributed by atoms with van der Waals surface area (Å²) in [6, 6.07) is -1.07. The number of piperazine rings is 1. The lowest BCUT2D eigenvalue weighted by molar-refractivity contribution is -0.144. The van der Waals surface area contributed by atoms with Gasteiger partial charge in [-0.1, -0.05) is 0 Å². The monoisotopic (exact) mass is 287 g/mol. The highest BCUT2D eigenvalue weighted by molar-refractivity contribution is 5.85. The zero-order chi connectivity index (χ0) is 15.0. The second kappa shape index (κ2) is 8.49. The third-order valence-corrected chi connectivity index (χ3v) is 3.07. The molecule has 1 aliphatic heterocycles. The Hall–Kier alpha value is -1.67. The van der Waals surface area contributed by atoms with Gasteiger partial charge in [0.15, 0.2) is 0 Å². The summed E-state index contributed by atoms with van der Waals surface area (Å²) in [7, 11) is 1.24. The minimum absolute atomic E-state index is 0.0231. The number of nitrogens with one attached hydrogen (secondary N) is 2. The minimum Gasteiger partial charge on any atom is -0.480 e. The molecule has 8 heteroatoms. The second-order valence-electron chi connectivity index (χ2n) is 4.60. The van der Waals surface area contributed by atoms with E-state index in [1.165, 1.54) is 7.11 Å². The number of rotatable bonds is 7. The van der Waals surface area contributed by atoms with Crippen molar-refractivity contribution >= 4 is 17.8 Å². The van der Waals surface area contributed by atoms with E-state index in [2.05, 4.69) is 15.4 Å². The number of ether oxygens (including phenoxy) is 1. The van der Waals surface area contributed by atoms with Gasteiger partial charge in [-0.2, -0.15) is 0 Å². The molecule has 0 aromatic rings. The summed E-state index contributed by atoms with van der Waals surface area (Å²) in [5.41, 5.74) is 0. The number of nitrogens with zero attached hydrogens (tertiary/aromatic N) is 1. The summed E-state index contributed by atoms with van der Waals surface area (Å²) >= 11 is 0. The average molecular weight is 287 g/mol. The number of carbonyl (C=O) groups excluding carboxylic acids is 2. The largest absolute Gasteiger partial charge is 0.480 e. The number of carbonyl (C=O) groups is 3. The van der Waals surface area contributed by atoms with Crippen LogP contribution in [-0.2, 0) is 19.1 Å². The Kier molecular flexibility index (Phi) is 6.96. The first-order valence-corrected chi connectivity index (χ1v) is 6.55. The lowest BCUT2D eigenvalue weighted by Crippen LogP contribution is -2.50. The van der Waals surface area contributed by atoms with Gasteiger partial charge in [0.25, 0.3) is 0 Å². The average Bonchev–Trinajstić information content (AvgIpc) is 2.43. The van der Waals surface area contributed by atoms with Crippen LogP contribution in [0.15, 0.2) is 0 Å². The number of carboxylic acid groups (broad SMARTS) is 1. The summed E-state index contributed by atoms with van der Waals surface area (Å²) < 4.78 is 4.45. The molecule has 0 aromatic carbocycles. The van der Waals surface area contributed by atoms with Crippen molar-refractivity contribution < 1.29 is 24.2 Å². The molecule has 3 N–H and O–H groups in total. The maximum absolute atomic E-state index is 11.8. The van der Waals surface area contributed by atoms with Gasteiger partial charge in [0, 0.05) is 32.6 Å². The molecule has 0 aromatic heterocycles. The molecule has 0 saturated carbocycles. The summed E-state index contributed by atoms with van der Waals surface area (Å²) in [5, 5.41) is 14.6. The molecule has 1 fully saturated rings. The van der Waals surface area contributed by atoms with Gasteiger partial charge in [0.05, 0.1) is 13.7 Å². The van der Waals surface area contributed by atoms with Crippen LogP contribution < -0.4 is 10.6 Å². The van der Waals surface area contributed by atoms with E-state index in [4.69, 9.17) is 5.11 Å². The fourth-order valence-electron chi connectivity index (χ4n) is 1.93. The second-order valence-corrected chi connectivity index (χ2v) is 4.60. The van der Waals surface area contributed by atoms with E-state index in [1.54, 1.807) is 0 Å². The van der Waals surface area contributed by atoms with Gasteiger partial charge in [-0.25, -0.2) is 4.79 Å². The number of carboxylic acids is 1. The zero-order valence-corrected chi connectivity index (χ0v) is 11.6. The van der Waals surface area contributed by atoms with Gasteiger partial charge < -0.3 is 20.5 Å². The topological polar surface area (TPSA) is 108 Å². The molecule has 114 valence electrons. The molecule has 1 aliphatic rings. The number of aliphatic carboxylic acids is 1. The van der Waals surface area contributed by atoms with Crippen molar-refractivity contribution in [3.05, 3.63) is 0 Å². The molecular weight excluding hydrogens is 266 g/mol. The quantitative estimate of drug-likeness (QED) is 0.485. The van der Waals surface area contributed by atoms with Gasteiger partial charge >= 0.3 is 11.9 Å². The van der Waals surface area contributed by atoms with Crippen LogP contribution in [0.2, 0.25) is 0 Å². The number of hydrogen-bond donors (Lipinski definition) is 3. The third kappa shape index (κ3) is 5.98. The smallest absolute Gasteiger partial charge is 0.326 e. The third-order valence-electron chi connectivity index (χ3n) is 3.07. The number of methoxy groups -OCH3 is 1. The normalized spacial score (nSPS) is 17.2. The number of hydrogen-bond acceptors (Lipinski definition) is 6. The highest BCUT2D eigenvalue weighted by atomic mass is 16.5. The van der Waals surface area contributed by atoms with Crippen LogP contribution in [0.25, 0.3) is 0 Å². The van der Waals surface area contributed by atoms with E-state index < -0.39 is 18.0 Å². The highest BCUT2D eigenvalue weighted by Crippen LogP contribution is 2.00. The minimum atomic E-state index is -1.15. The van der Waals surface area contributed by atoms with Crippen molar-refractivity contribution in [2.24, 2.45) is 0 Å². The molecule has 0 unspecified atom stereocenters. The van der Waals surface area contributed by atoms with Crippen LogP contribution in [0.4, 0.5) is 0 Å².